The minimum atomic E-state index is -1.45. The number of carbonyl (C=O) groups excluding carboxylic acids is 1. The molecule has 1 saturated carbocycles. The molecule has 0 aromatic heterocycles. The summed E-state index contributed by atoms with van der Waals surface area (Å²) in [6, 6.07) is 0.140. The molecule has 4 atom stereocenters. The summed E-state index contributed by atoms with van der Waals surface area (Å²) in [6.45, 7) is 0.338. The number of ether oxygens (including phenoxy) is 2. The maximum absolute atomic E-state index is 13.0. The van der Waals surface area contributed by atoms with Crippen LogP contribution in [0, 0.1) is 0 Å². The lowest BCUT2D eigenvalue weighted by atomic mass is 9.99. The molecular formula is C15H18N2O6. The Labute approximate surface area is 132 Å². The zero-order chi connectivity index (χ0) is 16.3. The fourth-order valence-electron chi connectivity index (χ4n) is 4.00. The minimum absolute atomic E-state index is 0.0199. The highest BCUT2D eigenvalue weighted by Gasteiger charge is 2.50. The zero-order valence-corrected chi connectivity index (χ0v) is 12.6. The molecular weight excluding hydrogens is 304 g/mol. The van der Waals surface area contributed by atoms with Gasteiger partial charge in [-0.1, -0.05) is 0 Å². The van der Waals surface area contributed by atoms with Gasteiger partial charge in [0, 0.05) is 12.2 Å². The van der Waals surface area contributed by atoms with E-state index in [1.54, 1.807) is 4.90 Å². The van der Waals surface area contributed by atoms with E-state index in [4.69, 9.17) is 9.47 Å². The molecule has 3 aliphatic heterocycles. The summed E-state index contributed by atoms with van der Waals surface area (Å²) in [6.07, 6.45) is 2.29. The second-order valence-electron chi connectivity index (χ2n) is 6.25. The molecule has 8 nitrogen and oxygen atoms in total. The number of hydrogen-bond acceptors (Lipinski definition) is 6. The van der Waals surface area contributed by atoms with Crippen LogP contribution in [0.3, 0.4) is 0 Å². The van der Waals surface area contributed by atoms with Crippen molar-refractivity contribution in [3.63, 3.8) is 0 Å². The summed E-state index contributed by atoms with van der Waals surface area (Å²) in [7, 11) is 1.33. The van der Waals surface area contributed by atoms with Crippen LogP contribution < -0.4 is 0 Å². The molecule has 4 aliphatic rings. The molecule has 3 heterocycles. The van der Waals surface area contributed by atoms with Crippen LogP contribution in [0.2, 0.25) is 0 Å². The maximum Gasteiger partial charge on any atom is 0.336 e. The highest BCUT2D eigenvalue weighted by molar-refractivity contribution is 5.97. The first-order valence-corrected chi connectivity index (χ1v) is 7.67. The minimum Gasteiger partial charge on any atom is -0.496 e. The molecule has 0 aromatic carbocycles. The topological polar surface area (TPSA) is 99.5 Å². The molecule has 8 heteroatoms. The first-order chi connectivity index (χ1) is 11.0. The molecule has 2 N–H and O–H groups in total. The monoisotopic (exact) mass is 322 g/mol. The molecule has 124 valence electrons. The first-order valence-electron chi connectivity index (χ1n) is 7.67. The van der Waals surface area contributed by atoms with Crippen LogP contribution in [-0.2, 0) is 19.1 Å². The Morgan fingerprint density at radius 2 is 2.22 bits per heavy atom. The third kappa shape index (κ3) is 1.98. The summed E-state index contributed by atoms with van der Waals surface area (Å²) >= 11 is 0. The van der Waals surface area contributed by atoms with Crippen molar-refractivity contribution >= 4 is 11.9 Å². The van der Waals surface area contributed by atoms with Crippen LogP contribution in [0.15, 0.2) is 23.2 Å². The number of aliphatic hydroxyl groups excluding tert-OH is 1. The Kier molecular flexibility index (Phi) is 3.14. The van der Waals surface area contributed by atoms with Crippen LogP contribution in [0.5, 0.6) is 0 Å². The smallest absolute Gasteiger partial charge is 0.336 e. The van der Waals surface area contributed by atoms with E-state index in [0.29, 0.717) is 6.54 Å². The van der Waals surface area contributed by atoms with Crippen LogP contribution in [0.25, 0.3) is 0 Å². The lowest BCUT2D eigenvalue weighted by Gasteiger charge is -2.48. The second-order valence-corrected chi connectivity index (χ2v) is 6.25. The Balaban J connectivity index is 1.76. The standard InChI is InChI=1S/C15H18N2O6/c1-22-13-11-14(19)17-7-2-3-8(4-7)23-10(17)6-16(11)5-9(12(13)18)15(20)21/h5,7-8,10,12,18H,2-4,6H2,1H3,(H,20,21)/t7-,8+,10-,12?/m1/s1. The summed E-state index contributed by atoms with van der Waals surface area (Å²) < 4.78 is 11.1. The Morgan fingerprint density at radius 1 is 1.43 bits per heavy atom. The lowest BCUT2D eigenvalue weighted by Crippen LogP contribution is -2.61. The lowest BCUT2D eigenvalue weighted by molar-refractivity contribution is -0.178. The normalized spacial score (nSPS) is 35.7. The van der Waals surface area contributed by atoms with E-state index in [2.05, 4.69) is 0 Å². The first kappa shape index (κ1) is 14.5. The number of amides is 1. The molecule has 1 amide bonds. The van der Waals surface area contributed by atoms with Crippen molar-refractivity contribution in [3.8, 4) is 0 Å². The average Bonchev–Trinajstić information content (AvgIpc) is 2.88. The number of nitrogens with zero attached hydrogens (tertiary/aromatic N) is 2. The molecule has 1 aliphatic carbocycles. The van der Waals surface area contributed by atoms with Crippen molar-refractivity contribution in [1.82, 2.24) is 9.80 Å². The van der Waals surface area contributed by atoms with Crippen molar-refractivity contribution in [2.45, 2.75) is 43.7 Å². The van der Waals surface area contributed by atoms with Crippen molar-refractivity contribution in [1.29, 1.82) is 0 Å². The van der Waals surface area contributed by atoms with Gasteiger partial charge < -0.3 is 29.5 Å². The third-order valence-corrected chi connectivity index (χ3v) is 5.03. The van der Waals surface area contributed by atoms with Gasteiger partial charge in [0.15, 0.2) is 12.0 Å². The molecule has 0 aromatic rings. The van der Waals surface area contributed by atoms with Crippen molar-refractivity contribution in [2.24, 2.45) is 0 Å². The molecule has 4 rings (SSSR count). The van der Waals surface area contributed by atoms with Crippen LogP contribution >= 0.6 is 0 Å². The quantitative estimate of drug-likeness (QED) is 0.714. The van der Waals surface area contributed by atoms with E-state index in [1.807, 2.05) is 0 Å². The number of aliphatic carboxylic acids is 1. The molecule has 3 fully saturated rings. The van der Waals surface area contributed by atoms with Gasteiger partial charge in [0.1, 0.15) is 11.8 Å². The Morgan fingerprint density at radius 3 is 2.91 bits per heavy atom. The number of hydrogen-bond donors (Lipinski definition) is 2. The van der Waals surface area contributed by atoms with Crippen molar-refractivity contribution in [3.05, 3.63) is 23.2 Å². The number of piperazine rings is 1. The predicted molar refractivity (Wildman–Crippen MR) is 75.6 cm³/mol. The van der Waals surface area contributed by atoms with Crippen LogP contribution in [-0.4, -0.2) is 70.0 Å². The molecule has 0 spiro atoms. The molecule has 2 saturated heterocycles. The molecule has 0 radical (unpaired) electrons. The molecule has 1 unspecified atom stereocenters. The van der Waals surface area contributed by atoms with E-state index in [9.17, 15) is 19.8 Å². The van der Waals surface area contributed by atoms with Gasteiger partial charge in [-0.05, 0) is 19.3 Å². The number of methoxy groups -OCH3 is 1. The molecule has 2 bridgehead atoms. The van der Waals surface area contributed by atoms with E-state index in [-0.39, 0.29) is 35.1 Å². The third-order valence-electron chi connectivity index (χ3n) is 5.03. The van der Waals surface area contributed by atoms with Gasteiger partial charge in [0.05, 0.1) is 25.3 Å². The van der Waals surface area contributed by atoms with E-state index in [0.717, 1.165) is 19.3 Å². The fourth-order valence-corrected chi connectivity index (χ4v) is 4.00. The number of carbonyl (C=O) groups is 2. The fraction of sp³-hybridized carbons (Fsp3) is 0.600. The SMILES string of the molecule is COC1=C2C(=O)N3[C@@H]4CC[C@@H](C4)O[C@@H]3CN2C=C(C(=O)O)C1O. The largest absolute Gasteiger partial charge is 0.496 e. The van der Waals surface area contributed by atoms with Gasteiger partial charge in [0.2, 0.25) is 0 Å². The predicted octanol–water partition coefficient (Wildman–Crippen LogP) is -0.391. The Bertz CT molecular complexity index is 642. The summed E-state index contributed by atoms with van der Waals surface area (Å²) in [5.41, 5.74) is -0.0131. The highest BCUT2D eigenvalue weighted by atomic mass is 16.5. The van der Waals surface area contributed by atoms with E-state index < -0.39 is 18.3 Å². The van der Waals surface area contributed by atoms with Crippen molar-refractivity contribution < 1.29 is 29.3 Å². The maximum atomic E-state index is 13.0. The highest BCUT2D eigenvalue weighted by Crippen LogP contribution is 2.40. The number of fused-ring (bicyclic) bond motifs is 5. The zero-order valence-electron chi connectivity index (χ0n) is 12.6. The Hall–Kier alpha value is -2.06. The number of carboxylic acids is 1. The van der Waals surface area contributed by atoms with Crippen LogP contribution in [0.1, 0.15) is 19.3 Å². The van der Waals surface area contributed by atoms with Gasteiger partial charge in [-0.3, -0.25) is 4.79 Å². The number of aliphatic hydroxyl groups is 1. The summed E-state index contributed by atoms with van der Waals surface area (Å²) in [5, 5.41) is 19.5. The van der Waals surface area contributed by atoms with Gasteiger partial charge in [-0.2, -0.15) is 0 Å². The van der Waals surface area contributed by atoms with Gasteiger partial charge >= 0.3 is 5.97 Å². The van der Waals surface area contributed by atoms with Gasteiger partial charge in [-0.15, -0.1) is 0 Å². The van der Waals surface area contributed by atoms with Crippen LogP contribution in [0.4, 0.5) is 0 Å². The summed E-state index contributed by atoms with van der Waals surface area (Å²) in [4.78, 5) is 27.5. The van der Waals surface area contributed by atoms with E-state index in [1.165, 1.54) is 18.2 Å². The summed E-state index contributed by atoms with van der Waals surface area (Å²) in [5.74, 6) is -1.54. The average molecular weight is 322 g/mol. The van der Waals surface area contributed by atoms with Gasteiger partial charge in [0.25, 0.3) is 5.91 Å². The van der Waals surface area contributed by atoms with Crippen molar-refractivity contribution in [2.75, 3.05) is 13.7 Å². The number of rotatable bonds is 2. The van der Waals surface area contributed by atoms with Gasteiger partial charge in [-0.25, -0.2) is 4.79 Å². The second kappa shape index (κ2) is 4.97. The van der Waals surface area contributed by atoms with E-state index >= 15 is 0 Å². The number of carboxylic acid groups (broad SMARTS) is 1. The molecule has 23 heavy (non-hydrogen) atoms.